The molecule has 5 heteroatoms. The summed E-state index contributed by atoms with van der Waals surface area (Å²) < 4.78 is 11.5. The summed E-state index contributed by atoms with van der Waals surface area (Å²) in [6.07, 6.45) is 9.62. The van der Waals surface area contributed by atoms with Crippen molar-refractivity contribution in [1.29, 1.82) is 0 Å². The van der Waals surface area contributed by atoms with E-state index in [1.807, 2.05) is 18.3 Å². The van der Waals surface area contributed by atoms with Crippen LogP contribution in [-0.4, -0.2) is 63.6 Å². The molecule has 4 rings (SSSR count). The zero-order valence-corrected chi connectivity index (χ0v) is 15.4. The number of nitrogens with one attached hydrogen (secondary N) is 1. The fourth-order valence-electron chi connectivity index (χ4n) is 3.93. The summed E-state index contributed by atoms with van der Waals surface area (Å²) in [5.41, 5.74) is 2.45. The molecule has 0 spiro atoms. The van der Waals surface area contributed by atoms with Crippen LogP contribution in [0.4, 0.5) is 0 Å². The molecule has 138 valence electrons. The maximum absolute atomic E-state index is 6.08. The Bertz CT molecular complexity index is 720. The molecule has 1 N–H and O–H groups in total. The van der Waals surface area contributed by atoms with Crippen molar-refractivity contribution in [3.05, 3.63) is 42.0 Å². The van der Waals surface area contributed by atoms with Gasteiger partial charge in [0, 0.05) is 50.4 Å². The van der Waals surface area contributed by atoms with Gasteiger partial charge in [-0.25, -0.2) is 0 Å². The lowest BCUT2D eigenvalue weighted by Crippen LogP contribution is -2.43. The topological polar surface area (TPSA) is 46.1 Å². The lowest BCUT2D eigenvalue weighted by molar-refractivity contribution is 0.245. The second-order valence-electron chi connectivity index (χ2n) is 6.99. The Labute approximate surface area is 155 Å². The molecule has 3 aliphatic rings. The van der Waals surface area contributed by atoms with Gasteiger partial charge in [-0.15, -0.1) is 0 Å². The summed E-state index contributed by atoms with van der Waals surface area (Å²) in [5, 5.41) is 3.41. The van der Waals surface area contributed by atoms with Gasteiger partial charge in [0.05, 0.1) is 13.2 Å². The van der Waals surface area contributed by atoms with Gasteiger partial charge in [-0.05, 0) is 36.3 Å². The SMILES string of the molecule is COc1ccc2c(c1)/C(=C/CCN1CCNCC1)C1C=CC=NC1CO2. The highest BCUT2D eigenvalue weighted by atomic mass is 16.5. The van der Waals surface area contributed by atoms with Crippen molar-refractivity contribution in [1.82, 2.24) is 10.2 Å². The molecule has 0 saturated carbocycles. The molecular formula is C21H27N3O2. The minimum absolute atomic E-state index is 0.142. The Morgan fingerprint density at radius 2 is 2.23 bits per heavy atom. The molecular weight excluding hydrogens is 326 g/mol. The zero-order chi connectivity index (χ0) is 17.8. The fourth-order valence-corrected chi connectivity index (χ4v) is 3.93. The smallest absolute Gasteiger partial charge is 0.127 e. The number of rotatable bonds is 4. The standard InChI is InChI=1S/C21H27N3O2/c1-25-16-6-7-21-19(14-16)17(5-3-11-24-12-9-22-10-13-24)18-4-2-8-23-20(18)15-26-21/h2,4-8,14,18,20,22H,3,9-13,15H2,1H3/b17-5+. The number of ether oxygens (including phenoxy) is 2. The quantitative estimate of drug-likeness (QED) is 0.903. The van der Waals surface area contributed by atoms with Crippen molar-refractivity contribution < 1.29 is 9.47 Å². The summed E-state index contributed by atoms with van der Waals surface area (Å²) in [5.74, 6) is 2.05. The van der Waals surface area contributed by atoms with Crippen molar-refractivity contribution in [2.24, 2.45) is 10.9 Å². The van der Waals surface area contributed by atoms with Crippen molar-refractivity contribution in [2.75, 3.05) is 46.4 Å². The van der Waals surface area contributed by atoms with Crippen LogP contribution in [0.15, 0.2) is 41.4 Å². The fraction of sp³-hybridized carbons (Fsp3) is 0.476. The van der Waals surface area contributed by atoms with E-state index in [-0.39, 0.29) is 12.0 Å². The first-order chi connectivity index (χ1) is 12.8. The van der Waals surface area contributed by atoms with Crippen molar-refractivity contribution in [2.45, 2.75) is 12.5 Å². The van der Waals surface area contributed by atoms with E-state index in [1.54, 1.807) is 7.11 Å². The molecule has 1 aromatic carbocycles. The number of allylic oxidation sites excluding steroid dienone is 1. The number of methoxy groups -OCH3 is 1. The van der Waals surface area contributed by atoms with E-state index in [0.717, 1.165) is 56.2 Å². The molecule has 3 aliphatic heterocycles. The Morgan fingerprint density at radius 3 is 3.08 bits per heavy atom. The van der Waals surface area contributed by atoms with Crippen LogP contribution in [0.3, 0.4) is 0 Å². The van der Waals surface area contributed by atoms with Crippen molar-refractivity contribution in [3.63, 3.8) is 0 Å². The van der Waals surface area contributed by atoms with Gasteiger partial charge in [0.2, 0.25) is 0 Å². The average Bonchev–Trinajstić information content (AvgIpc) is 2.86. The number of hydrogen-bond acceptors (Lipinski definition) is 5. The van der Waals surface area contributed by atoms with Gasteiger partial charge in [-0.1, -0.05) is 12.2 Å². The maximum atomic E-state index is 6.08. The molecule has 3 heterocycles. The molecule has 0 amide bonds. The average molecular weight is 353 g/mol. The normalized spacial score (nSPS) is 26.7. The number of hydrogen-bond donors (Lipinski definition) is 1. The van der Waals surface area contributed by atoms with E-state index in [9.17, 15) is 0 Å². The predicted octanol–water partition coefficient (Wildman–Crippen LogP) is 2.39. The largest absolute Gasteiger partial charge is 0.497 e. The van der Waals surface area contributed by atoms with Crippen LogP contribution in [0.25, 0.3) is 5.57 Å². The Hall–Kier alpha value is -2.11. The van der Waals surface area contributed by atoms with E-state index < -0.39 is 0 Å². The number of piperazine rings is 1. The Balaban J connectivity index is 1.62. The van der Waals surface area contributed by atoms with Gasteiger partial charge in [0.25, 0.3) is 0 Å². The number of fused-ring (bicyclic) bond motifs is 2. The summed E-state index contributed by atoms with van der Waals surface area (Å²) in [6.45, 7) is 6.15. The lowest BCUT2D eigenvalue weighted by atomic mass is 9.85. The number of dihydropyridines is 1. The minimum Gasteiger partial charge on any atom is -0.497 e. The van der Waals surface area contributed by atoms with Gasteiger partial charge < -0.3 is 19.7 Å². The Kier molecular flexibility index (Phi) is 5.37. The summed E-state index contributed by atoms with van der Waals surface area (Å²) in [4.78, 5) is 7.19. The highest BCUT2D eigenvalue weighted by molar-refractivity contribution is 5.80. The van der Waals surface area contributed by atoms with Crippen LogP contribution < -0.4 is 14.8 Å². The molecule has 0 aromatic heterocycles. The van der Waals surface area contributed by atoms with Crippen LogP contribution >= 0.6 is 0 Å². The maximum Gasteiger partial charge on any atom is 0.127 e. The van der Waals surface area contributed by atoms with E-state index in [2.05, 4.69) is 39.5 Å². The van der Waals surface area contributed by atoms with Gasteiger partial charge in [-0.2, -0.15) is 0 Å². The van der Waals surface area contributed by atoms with Crippen molar-refractivity contribution >= 4 is 11.8 Å². The minimum atomic E-state index is 0.142. The summed E-state index contributed by atoms with van der Waals surface area (Å²) in [6, 6.07) is 6.22. The molecule has 1 aromatic rings. The van der Waals surface area contributed by atoms with Crippen LogP contribution in [0.2, 0.25) is 0 Å². The van der Waals surface area contributed by atoms with Gasteiger partial charge in [0.1, 0.15) is 18.1 Å². The first-order valence-electron chi connectivity index (χ1n) is 9.49. The molecule has 0 radical (unpaired) electrons. The molecule has 2 unspecified atom stereocenters. The predicted molar refractivity (Wildman–Crippen MR) is 105 cm³/mol. The monoisotopic (exact) mass is 353 g/mol. The first-order valence-corrected chi connectivity index (χ1v) is 9.49. The van der Waals surface area contributed by atoms with Crippen molar-refractivity contribution in [3.8, 4) is 11.5 Å². The molecule has 0 aliphatic carbocycles. The second-order valence-corrected chi connectivity index (χ2v) is 6.99. The third-order valence-electron chi connectivity index (χ3n) is 5.38. The molecule has 0 bridgehead atoms. The van der Waals surface area contributed by atoms with E-state index >= 15 is 0 Å². The lowest BCUT2D eigenvalue weighted by Gasteiger charge is -2.27. The molecule has 26 heavy (non-hydrogen) atoms. The number of nitrogens with zero attached hydrogens (tertiary/aromatic N) is 2. The van der Waals surface area contributed by atoms with E-state index in [0.29, 0.717) is 6.61 Å². The molecule has 1 fully saturated rings. The number of aliphatic imine (C=N–C) groups is 1. The highest BCUT2D eigenvalue weighted by Crippen LogP contribution is 2.40. The van der Waals surface area contributed by atoms with E-state index in [1.165, 1.54) is 5.57 Å². The second kappa shape index (κ2) is 8.06. The molecule has 5 nitrogen and oxygen atoms in total. The summed E-state index contributed by atoms with van der Waals surface area (Å²) in [7, 11) is 1.71. The highest BCUT2D eigenvalue weighted by Gasteiger charge is 2.30. The zero-order valence-electron chi connectivity index (χ0n) is 15.4. The van der Waals surface area contributed by atoms with Gasteiger partial charge >= 0.3 is 0 Å². The van der Waals surface area contributed by atoms with Gasteiger partial charge in [-0.3, -0.25) is 4.99 Å². The first kappa shape index (κ1) is 17.3. The van der Waals surface area contributed by atoms with Crippen LogP contribution in [0.1, 0.15) is 12.0 Å². The molecule has 2 atom stereocenters. The van der Waals surface area contributed by atoms with Crippen LogP contribution in [0.5, 0.6) is 11.5 Å². The van der Waals surface area contributed by atoms with Crippen LogP contribution in [0, 0.1) is 5.92 Å². The summed E-state index contributed by atoms with van der Waals surface area (Å²) >= 11 is 0. The van der Waals surface area contributed by atoms with Crippen LogP contribution in [-0.2, 0) is 0 Å². The van der Waals surface area contributed by atoms with Gasteiger partial charge in [0.15, 0.2) is 0 Å². The third-order valence-corrected chi connectivity index (χ3v) is 5.38. The molecule has 1 saturated heterocycles. The third kappa shape index (κ3) is 3.69. The van der Waals surface area contributed by atoms with E-state index in [4.69, 9.17) is 9.47 Å². The Morgan fingerprint density at radius 1 is 1.35 bits per heavy atom. The number of benzene rings is 1.